The van der Waals surface area contributed by atoms with E-state index in [9.17, 15) is 13.2 Å². The highest BCUT2D eigenvalue weighted by Gasteiger charge is 2.17. The lowest BCUT2D eigenvalue weighted by Gasteiger charge is -2.10. The number of sulfonamides is 1. The standard InChI is InChI=1S/C10H19N5O3S/c1-3-14-19(17,18)5-4-12-10(16)9(11)8-6-13-15(2)7-8/h6-7,9,14H,3-5,11H2,1-2H3,(H,12,16). The second-order valence-electron chi connectivity index (χ2n) is 4.03. The highest BCUT2D eigenvalue weighted by atomic mass is 32.2. The van der Waals surface area contributed by atoms with Gasteiger partial charge in [-0.2, -0.15) is 5.10 Å². The quantitative estimate of drug-likeness (QED) is 0.563. The Bertz CT molecular complexity index is 525. The highest BCUT2D eigenvalue weighted by molar-refractivity contribution is 7.89. The minimum atomic E-state index is -3.34. The monoisotopic (exact) mass is 289 g/mol. The summed E-state index contributed by atoms with van der Waals surface area (Å²) in [5.74, 6) is -0.605. The predicted molar refractivity (Wildman–Crippen MR) is 70.6 cm³/mol. The van der Waals surface area contributed by atoms with Crippen LogP contribution in [0, 0.1) is 0 Å². The molecule has 4 N–H and O–H groups in total. The fourth-order valence-corrected chi connectivity index (χ4v) is 2.42. The van der Waals surface area contributed by atoms with Crippen LogP contribution in [0.2, 0.25) is 0 Å². The summed E-state index contributed by atoms with van der Waals surface area (Å²) in [7, 11) is -1.62. The van der Waals surface area contributed by atoms with Crippen molar-refractivity contribution in [3.63, 3.8) is 0 Å². The van der Waals surface area contributed by atoms with Crippen molar-refractivity contribution in [3.05, 3.63) is 18.0 Å². The van der Waals surface area contributed by atoms with E-state index < -0.39 is 22.0 Å². The Morgan fingerprint density at radius 3 is 2.79 bits per heavy atom. The van der Waals surface area contributed by atoms with Gasteiger partial charge in [-0.15, -0.1) is 0 Å². The van der Waals surface area contributed by atoms with E-state index in [1.54, 1.807) is 20.2 Å². The molecule has 0 fully saturated rings. The Labute approximate surface area is 112 Å². The third-order valence-electron chi connectivity index (χ3n) is 2.40. The molecule has 108 valence electrons. The Kier molecular flexibility index (Phi) is 5.45. The summed E-state index contributed by atoms with van der Waals surface area (Å²) in [6.07, 6.45) is 3.14. The van der Waals surface area contributed by atoms with Crippen molar-refractivity contribution in [1.82, 2.24) is 19.8 Å². The molecule has 0 aliphatic rings. The van der Waals surface area contributed by atoms with Gasteiger partial charge in [0.05, 0.1) is 11.9 Å². The molecule has 1 unspecified atom stereocenters. The molecule has 0 saturated carbocycles. The summed E-state index contributed by atoms with van der Waals surface area (Å²) < 4.78 is 26.6. The molecule has 1 amide bonds. The molecule has 1 rings (SSSR count). The zero-order valence-electron chi connectivity index (χ0n) is 11.0. The van der Waals surface area contributed by atoms with Crippen molar-refractivity contribution in [2.75, 3.05) is 18.8 Å². The van der Waals surface area contributed by atoms with E-state index in [-0.39, 0.29) is 12.3 Å². The van der Waals surface area contributed by atoms with Crippen LogP contribution in [-0.2, 0) is 21.9 Å². The van der Waals surface area contributed by atoms with Crippen LogP contribution in [0.15, 0.2) is 12.4 Å². The number of aromatic nitrogens is 2. The maximum absolute atomic E-state index is 11.7. The molecule has 0 aromatic carbocycles. The number of nitrogens with zero attached hydrogens (tertiary/aromatic N) is 2. The van der Waals surface area contributed by atoms with E-state index in [1.165, 1.54) is 10.9 Å². The van der Waals surface area contributed by atoms with Crippen molar-refractivity contribution in [1.29, 1.82) is 0 Å². The van der Waals surface area contributed by atoms with Crippen molar-refractivity contribution in [2.45, 2.75) is 13.0 Å². The van der Waals surface area contributed by atoms with Gasteiger partial charge in [-0.1, -0.05) is 6.92 Å². The van der Waals surface area contributed by atoms with Gasteiger partial charge in [0.25, 0.3) is 0 Å². The lowest BCUT2D eigenvalue weighted by atomic mass is 10.1. The summed E-state index contributed by atoms with van der Waals surface area (Å²) in [6, 6.07) is -0.851. The van der Waals surface area contributed by atoms with E-state index >= 15 is 0 Å². The molecule has 0 saturated heterocycles. The number of nitrogens with two attached hydrogens (primary N) is 1. The number of hydrogen-bond donors (Lipinski definition) is 3. The highest BCUT2D eigenvalue weighted by Crippen LogP contribution is 2.07. The summed E-state index contributed by atoms with van der Waals surface area (Å²) in [5, 5.41) is 6.40. The number of amides is 1. The van der Waals surface area contributed by atoms with Crippen molar-refractivity contribution in [2.24, 2.45) is 12.8 Å². The number of hydrogen-bond acceptors (Lipinski definition) is 5. The van der Waals surface area contributed by atoms with Gasteiger partial charge in [0.2, 0.25) is 15.9 Å². The van der Waals surface area contributed by atoms with Gasteiger partial charge in [0, 0.05) is 31.9 Å². The first-order valence-electron chi connectivity index (χ1n) is 5.85. The average molecular weight is 289 g/mol. The van der Waals surface area contributed by atoms with E-state index in [0.717, 1.165) is 0 Å². The maximum atomic E-state index is 11.7. The van der Waals surface area contributed by atoms with Gasteiger partial charge < -0.3 is 11.1 Å². The molecule has 1 heterocycles. The largest absolute Gasteiger partial charge is 0.353 e. The first-order valence-corrected chi connectivity index (χ1v) is 7.50. The molecule has 1 aromatic rings. The minimum Gasteiger partial charge on any atom is -0.353 e. The van der Waals surface area contributed by atoms with Gasteiger partial charge in [-0.25, -0.2) is 13.1 Å². The molecular weight excluding hydrogens is 270 g/mol. The third-order valence-corrected chi connectivity index (χ3v) is 3.87. The van der Waals surface area contributed by atoms with Crippen molar-refractivity contribution >= 4 is 15.9 Å². The smallest absolute Gasteiger partial charge is 0.241 e. The van der Waals surface area contributed by atoms with Crippen LogP contribution in [-0.4, -0.2) is 42.9 Å². The van der Waals surface area contributed by atoms with E-state index in [1.807, 2.05) is 0 Å². The second-order valence-corrected chi connectivity index (χ2v) is 5.96. The fraction of sp³-hybridized carbons (Fsp3) is 0.600. The number of rotatable bonds is 7. The Balaban J connectivity index is 2.44. The first kappa shape index (κ1) is 15.6. The Morgan fingerprint density at radius 1 is 1.58 bits per heavy atom. The Morgan fingerprint density at radius 2 is 2.26 bits per heavy atom. The summed E-state index contributed by atoms with van der Waals surface area (Å²) >= 11 is 0. The maximum Gasteiger partial charge on any atom is 0.241 e. The SMILES string of the molecule is CCNS(=O)(=O)CCNC(=O)C(N)c1cnn(C)c1. The molecule has 0 spiro atoms. The van der Waals surface area contributed by atoms with Gasteiger partial charge in [0.1, 0.15) is 6.04 Å². The number of nitrogens with one attached hydrogen (secondary N) is 2. The van der Waals surface area contributed by atoms with Gasteiger partial charge in [-0.05, 0) is 0 Å². The van der Waals surface area contributed by atoms with Gasteiger partial charge >= 0.3 is 0 Å². The molecule has 9 heteroatoms. The molecule has 0 aliphatic heterocycles. The van der Waals surface area contributed by atoms with Crippen LogP contribution in [0.25, 0.3) is 0 Å². The number of carbonyl (C=O) groups excluding carboxylic acids is 1. The predicted octanol–water partition coefficient (Wildman–Crippen LogP) is -1.52. The van der Waals surface area contributed by atoms with Crippen LogP contribution in [0.5, 0.6) is 0 Å². The van der Waals surface area contributed by atoms with Gasteiger partial charge in [0.15, 0.2) is 0 Å². The molecule has 0 bridgehead atoms. The van der Waals surface area contributed by atoms with E-state index in [0.29, 0.717) is 12.1 Å². The number of aryl methyl sites for hydroxylation is 1. The molecular formula is C10H19N5O3S. The van der Waals surface area contributed by atoms with E-state index in [4.69, 9.17) is 5.73 Å². The zero-order chi connectivity index (χ0) is 14.5. The summed E-state index contributed by atoms with van der Waals surface area (Å²) in [4.78, 5) is 11.7. The van der Waals surface area contributed by atoms with Crippen LogP contribution in [0.4, 0.5) is 0 Å². The van der Waals surface area contributed by atoms with Crippen LogP contribution < -0.4 is 15.8 Å². The van der Waals surface area contributed by atoms with Crippen LogP contribution in [0.1, 0.15) is 18.5 Å². The van der Waals surface area contributed by atoms with Gasteiger partial charge in [-0.3, -0.25) is 9.48 Å². The van der Waals surface area contributed by atoms with Crippen molar-refractivity contribution < 1.29 is 13.2 Å². The number of carbonyl (C=O) groups is 1. The fourth-order valence-electron chi connectivity index (χ4n) is 1.46. The topological polar surface area (TPSA) is 119 Å². The third kappa shape index (κ3) is 4.97. The molecule has 19 heavy (non-hydrogen) atoms. The first-order chi connectivity index (χ1) is 8.85. The second kappa shape index (κ2) is 6.64. The van der Waals surface area contributed by atoms with E-state index in [2.05, 4.69) is 15.1 Å². The molecule has 1 atom stereocenters. The van der Waals surface area contributed by atoms with Crippen LogP contribution >= 0.6 is 0 Å². The Hall–Kier alpha value is -1.45. The molecule has 0 aliphatic carbocycles. The zero-order valence-corrected chi connectivity index (χ0v) is 11.8. The molecule has 0 radical (unpaired) electrons. The van der Waals surface area contributed by atoms with Crippen LogP contribution in [0.3, 0.4) is 0 Å². The lowest BCUT2D eigenvalue weighted by molar-refractivity contribution is -0.122. The molecule has 8 nitrogen and oxygen atoms in total. The average Bonchev–Trinajstić information content (AvgIpc) is 2.74. The summed E-state index contributed by atoms with van der Waals surface area (Å²) in [5.41, 5.74) is 6.31. The lowest BCUT2D eigenvalue weighted by Crippen LogP contribution is -2.38. The minimum absolute atomic E-state index is 0.0160. The normalized spacial score (nSPS) is 13.2. The molecule has 1 aromatic heterocycles. The summed E-state index contributed by atoms with van der Waals surface area (Å²) in [6.45, 7) is 2.03. The van der Waals surface area contributed by atoms with Crippen molar-refractivity contribution in [3.8, 4) is 0 Å².